The Morgan fingerprint density at radius 3 is 2.54 bits per heavy atom. The molecule has 1 aliphatic heterocycles. The minimum Gasteiger partial charge on any atom is -0.477 e. The predicted octanol–water partition coefficient (Wildman–Crippen LogP) is 4.51. The van der Waals surface area contributed by atoms with Gasteiger partial charge in [-0.25, -0.2) is 0 Å². The van der Waals surface area contributed by atoms with E-state index in [0.29, 0.717) is 17.8 Å². The first-order chi connectivity index (χ1) is 11.4. The number of hydrogen-bond donors (Lipinski definition) is 0. The molecule has 0 fully saturated rings. The largest absolute Gasteiger partial charge is 0.477 e. The molecule has 0 radical (unpaired) electrons. The summed E-state index contributed by atoms with van der Waals surface area (Å²) in [5.41, 5.74) is 0.863. The number of halogens is 1. The summed E-state index contributed by atoms with van der Waals surface area (Å²) < 4.78 is 5.83. The van der Waals surface area contributed by atoms with Crippen molar-refractivity contribution in [2.45, 2.75) is 37.6 Å². The van der Waals surface area contributed by atoms with Crippen molar-refractivity contribution < 1.29 is 9.53 Å². The number of amides is 1. The van der Waals surface area contributed by atoms with Gasteiger partial charge in [-0.15, -0.1) is 11.6 Å². The van der Waals surface area contributed by atoms with Crippen LogP contribution >= 0.6 is 11.6 Å². The van der Waals surface area contributed by atoms with E-state index in [1.165, 1.54) is 0 Å². The third-order valence-electron chi connectivity index (χ3n) is 5.00. The Kier molecular flexibility index (Phi) is 4.31. The maximum Gasteiger partial charge on any atom is 0.261 e. The van der Waals surface area contributed by atoms with Gasteiger partial charge in [0.25, 0.3) is 5.91 Å². The summed E-state index contributed by atoms with van der Waals surface area (Å²) in [4.78, 5) is 14.3. The number of hydrogen-bond acceptors (Lipinski definition) is 2. The van der Waals surface area contributed by atoms with Crippen LogP contribution in [0.3, 0.4) is 0 Å². The molecule has 0 saturated carbocycles. The highest BCUT2D eigenvalue weighted by Crippen LogP contribution is 2.43. The summed E-state index contributed by atoms with van der Waals surface area (Å²) in [6.07, 6.45) is 8.58. The molecule has 1 amide bonds. The lowest BCUT2D eigenvalue weighted by Gasteiger charge is -2.49. The Balaban J connectivity index is 1.98. The number of nitrogens with zero attached hydrogens (tertiary/aromatic N) is 1. The van der Waals surface area contributed by atoms with Gasteiger partial charge >= 0.3 is 0 Å². The molecule has 1 aromatic carbocycles. The van der Waals surface area contributed by atoms with Gasteiger partial charge in [0.15, 0.2) is 6.73 Å². The minimum atomic E-state index is -0.659. The zero-order valence-corrected chi connectivity index (χ0v) is 15.0. The minimum absolute atomic E-state index is 0.0436. The summed E-state index contributed by atoms with van der Waals surface area (Å²) in [6, 6.07) is 9.63. The van der Waals surface area contributed by atoms with E-state index < -0.39 is 10.4 Å². The quantitative estimate of drug-likeness (QED) is 0.756. The summed E-state index contributed by atoms with van der Waals surface area (Å²) in [5, 5.41) is 0. The lowest BCUT2D eigenvalue weighted by molar-refractivity contribution is -0.140. The van der Waals surface area contributed by atoms with E-state index in [2.05, 4.69) is 0 Å². The van der Waals surface area contributed by atoms with Crippen molar-refractivity contribution in [3.05, 3.63) is 66.0 Å². The second kappa shape index (κ2) is 6.14. The molecule has 0 saturated heterocycles. The molecule has 1 heterocycles. The summed E-state index contributed by atoms with van der Waals surface area (Å²) in [5.74, 6) is 0.610. The molecule has 2 aliphatic rings. The average Bonchev–Trinajstić information content (AvgIpc) is 2.56. The monoisotopic (exact) mass is 343 g/mol. The molecule has 4 heteroatoms. The van der Waals surface area contributed by atoms with Gasteiger partial charge in [-0.1, -0.05) is 54.6 Å². The van der Waals surface area contributed by atoms with Crippen LogP contribution in [-0.4, -0.2) is 28.0 Å². The number of carbonyl (C=O) groups is 1. The Morgan fingerprint density at radius 2 is 1.92 bits per heavy atom. The van der Waals surface area contributed by atoms with Crippen LogP contribution in [0.5, 0.6) is 0 Å². The van der Waals surface area contributed by atoms with E-state index in [9.17, 15) is 4.79 Å². The lowest BCUT2D eigenvalue weighted by atomic mass is 9.80. The van der Waals surface area contributed by atoms with E-state index in [-0.39, 0.29) is 12.6 Å². The van der Waals surface area contributed by atoms with Crippen molar-refractivity contribution in [3.8, 4) is 0 Å². The van der Waals surface area contributed by atoms with Crippen LogP contribution < -0.4 is 0 Å². The molecule has 24 heavy (non-hydrogen) atoms. The maximum atomic E-state index is 13.3. The summed E-state index contributed by atoms with van der Waals surface area (Å²) in [6.45, 7) is 6.03. The fourth-order valence-electron chi connectivity index (χ4n) is 3.20. The first kappa shape index (κ1) is 16.8. The van der Waals surface area contributed by atoms with Crippen molar-refractivity contribution in [2.75, 3.05) is 6.73 Å². The molecule has 0 spiro atoms. The van der Waals surface area contributed by atoms with Gasteiger partial charge in [-0.05, 0) is 32.8 Å². The van der Waals surface area contributed by atoms with Crippen molar-refractivity contribution in [1.82, 2.24) is 4.90 Å². The van der Waals surface area contributed by atoms with Gasteiger partial charge in [-0.2, -0.15) is 0 Å². The fraction of sp³-hybridized carbons (Fsp3) is 0.350. The Labute approximate surface area is 148 Å². The first-order valence-corrected chi connectivity index (χ1v) is 8.49. The van der Waals surface area contributed by atoms with Crippen molar-refractivity contribution >= 4 is 23.1 Å². The van der Waals surface area contributed by atoms with E-state index >= 15 is 0 Å². The van der Waals surface area contributed by atoms with Crippen molar-refractivity contribution in [2.24, 2.45) is 0 Å². The zero-order chi connectivity index (χ0) is 17.4. The number of rotatable bonds is 3. The van der Waals surface area contributed by atoms with Gasteiger partial charge in [0.2, 0.25) is 0 Å². The molecule has 0 N–H and O–H groups in total. The van der Waals surface area contributed by atoms with E-state index in [4.69, 9.17) is 16.3 Å². The highest BCUT2D eigenvalue weighted by Gasteiger charge is 2.49. The number of ether oxygens (including phenoxy) is 1. The zero-order valence-electron chi connectivity index (χ0n) is 14.3. The highest BCUT2D eigenvalue weighted by atomic mass is 35.5. The lowest BCUT2D eigenvalue weighted by Crippen LogP contribution is -2.61. The summed E-state index contributed by atoms with van der Waals surface area (Å²) in [7, 11) is 0. The molecule has 1 atom stereocenters. The maximum absolute atomic E-state index is 13.3. The Bertz CT molecular complexity index is 733. The van der Waals surface area contributed by atoms with Crippen molar-refractivity contribution in [3.63, 3.8) is 0 Å². The number of allylic oxidation sites excluding steroid dienone is 4. The molecule has 0 bridgehead atoms. The molecular formula is C20H22ClNO2. The second-order valence-corrected chi connectivity index (χ2v) is 7.39. The third kappa shape index (κ3) is 2.67. The molecule has 0 aromatic heterocycles. The molecular weight excluding hydrogens is 322 g/mol. The first-order valence-electron chi connectivity index (χ1n) is 8.11. The SMILES string of the molecule is CC1=C(c2ccccc2)C(=O)N(C(C)(C)C2(Cl)C=CC=CC2)CO1. The standard InChI is InChI=1S/C20H22ClNO2/c1-15-17(16-10-6-4-7-11-16)18(23)22(14-24-15)19(2,3)20(21)12-8-5-9-13-20/h4-12H,13-14H2,1-3H3. The van der Waals surface area contributed by atoms with Gasteiger partial charge < -0.3 is 4.74 Å². The molecule has 3 nitrogen and oxygen atoms in total. The van der Waals surface area contributed by atoms with E-state index in [1.807, 2.05) is 75.4 Å². The average molecular weight is 344 g/mol. The molecule has 3 rings (SSSR count). The van der Waals surface area contributed by atoms with Crippen LogP contribution in [-0.2, 0) is 9.53 Å². The fourth-order valence-corrected chi connectivity index (χ4v) is 3.46. The van der Waals surface area contributed by atoms with Crippen LogP contribution in [0.1, 0.15) is 32.8 Å². The van der Waals surface area contributed by atoms with E-state index in [1.54, 1.807) is 4.90 Å². The smallest absolute Gasteiger partial charge is 0.261 e. The topological polar surface area (TPSA) is 29.5 Å². The van der Waals surface area contributed by atoms with Gasteiger partial charge in [0.1, 0.15) is 5.76 Å². The second-order valence-electron chi connectivity index (χ2n) is 6.72. The summed E-state index contributed by atoms with van der Waals surface area (Å²) >= 11 is 6.89. The van der Waals surface area contributed by atoms with Gasteiger partial charge in [0.05, 0.1) is 16.0 Å². The van der Waals surface area contributed by atoms with Crippen LogP contribution in [0.25, 0.3) is 5.57 Å². The number of carbonyl (C=O) groups excluding carboxylic acids is 1. The van der Waals surface area contributed by atoms with Crippen LogP contribution in [0, 0.1) is 0 Å². The van der Waals surface area contributed by atoms with Crippen LogP contribution in [0.4, 0.5) is 0 Å². The predicted molar refractivity (Wildman–Crippen MR) is 97.4 cm³/mol. The van der Waals surface area contributed by atoms with Crippen molar-refractivity contribution in [1.29, 1.82) is 0 Å². The third-order valence-corrected chi connectivity index (χ3v) is 5.74. The highest BCUT2D eigenvalue weighted by molar-refractivity contribution is 6.27. The Morgan fingerprint density at radius 1 is 1.21 bits per heavy atom. The molecule has 1 aromatic rings. The number of alkyl halides is 1. The number of benzene rings is 1. The molecule has 1 aliphatic carbocycles. The Hall–Kier alpha value is -2.00. The normalized spacial score (nSPS) is 24.3. The molecule has 126 valence electrons. The van der Waals surface area contributed by atoms with Crippen LogP contribution in [0.15, 0.2) is 60.4 Å². The van der Waals surface area contributed by atoms with Gasteiger partial charge in [-0.3, -0.25) is 9.69 Å². The van der Waals surface area contributed by atoms with E-state index in [0.717, 1.165) is 5.56 Å². The van der Waals surface area contributed by atoms with Gasteiger partial charge in [0, 0.05) is 0 Å². The molecule has 1 unspecified atom stereocenters. The van der Waals surface area contributed by atoms with Crippen LogP contribution in [0.2, 0.25) is 0 Å².